The van der Waals surface area contributed by atoms with Crippen molar-refractivity contribution in [2.24, 2.45) is 0 Å². The minimum atomic E-state index is 0.266. The van der Waals surface area contributed by atoms with Gasteiger partial charge >= 0.3 is 0 Å². The van der Waals surface area contributed by atoms with E-state index in [1.165, 1.54) is 94.5 Å². The van der Waals surface area contributed by atoms with Crippen LogP contribution >= 0.6 is 0 Å². The van der Waals surface area contributed by atoms with Crippen LogP contribution < -0.4 is 4.90 Å². The van der Waals surface area contributed by atoms with E-state index in [1.54, 1.807) is 0 Å². The zero-order valence-electron chi connectivity index (χ0n) is 31.5. The number of para-hydroxylation sites is 3. The Morgan fingerprint density at radius 3 is 1.84 bits per heavy atom. The highest BCUT2D eigenvalue weighted by Gasteiger charge is 2.37. The lowest BCUT2D eigenvalue weighted by Gasteiger charge is -2.29. The van der Waals surface area contributed by atoms with Crippen LogP contribution in [-0.4, -0.2) is 15.2 Å². The van der Waals surface area contributed by atoms with Gasteiger partial charge in [-0.25, -0.2) is 0 Å². The summed E-state index contributed by atoms with van der Waals surface area (Å²) in [5, 5.41) is 3.90. The summed E-state index contributed by atoms with van der Waals surface area (Å²) >= 11 is 0. The first-order valence-electron chi connectivity index (χ1n) is 20.1. The van der Waals surface area contributed by atoms with Crippen LogP contribution in [0.4, 0.5) is 11.4 Å². The average molecular weight is 730 g/mol. The van der Waals surface area contributed by atoms with Crippen molar-refractivity contribution in [1.82, 2.24) is 9.13 Å². The molecule has 0 amide bonds. The van der Waals surface area contributed by atoms with Crippen LogP contribution in [0.2, 0.25) is 0 Å². The highest BCUT2D eigenvalue weighted by Crippen LogP contribution is 2.49. The summed E-state index contributed by atoms with van der Waals surface area (Å²) in [6, 6.07) is 62.9. The first-order valence-corrected chi connectivity index (χ1v) is 20.1. The smallest absolute Gasteiger partial charge is 0.0629 e. The number of fused-ring (bicyclic) bond motifs is 9. The number of aryl methyl sites for hydroxylation is 1. The molecule has 3 nitrogen and oxygen atoms in total. The molecule has 2 aliphatic carbocycles. The van der Waals surface area contributed by atoms with Crippen molar-refractivity contribution in [3.63, 3.8) is 0 Å². The SMILES string of the molecule is C1=CC2c3ccccc3N(c3ccc4c(c3)c3ccccc3n4C3=Cc4c(c5ccccc5n4-c4cc(-c5ccccc5)cc(-c5ccccc5)c4)CC3)C2C=C1. The number of nitrogens with zero attached hydrogens (tertiary/aromatic N) is 3. The normalized spacial score (nSPS) is 16.9. The maximum absolute atomic E-state index is 2.55. The molecule has 3 heteroatoms. The standard InChI is InChI=1S/C54H39N3/c1-3-15-36(16-4-1)38-31-39(37-17-5-2-6-18-37)33-42(32-38)57-51-25-13-9-21-45(51)47-29-27-41(35-54(47)57)56-52-26-14-10-22-46(52)48-34-40(28-30-53(48)56)55-49-23-11-7-19-43(49)44-20-8-12-24-50(44)55/h1-26,28,30-35,43,49H,27,29H2. The highest BCUT2D eigenvalue weighted by molar-refractivity contribution is 6.12. The summed E-state index contributed by atoms with van der Waals surface area (Å²) in [7, 11) is 0. The molecule has 3 heterocycles. The van der Waals surface area contributed by atoms with Crippen molar-refractivity contribution >= 4 is 55.9 Å². The van der Waals surface area contributed by atoms with Gasteiger partial charge < -0.3 is 14.0 Å². The van der Waals surface area contributed by atoms with E-state index in [9.17, 15) is 0 Å². The second-order valence-electron chi connectivity index (χ2n) is 15.6. The Bertz CT molecular complexity index is 3080. The second kappa shape index (κ2) is 12.7. The van der Waals surface area contributed by atoms with E-state index >= 15 is 0 Å². The van der Waals surface area contributed by atoms with Gasteiger partial charge in [0.1, 0.15) is 0 Å². The van der Waals surface area contributed by atoms with Crippen molar-refractivity contribution in [3.05, 3.63) is 211 Å². The molecule has 0 N–H and O–H groups in total. The van der Waals surface area contributed by atoms with E-state index in [-0.39, 0.29) is 6.04 Å². The molecule has 0 radical (unpaired) electrons. The number of allylic oxidation sites excluding steroid dienone is 3. The summed E-state index contributed by atoms with van der Waals surface area (Å²) in [4.78, 5) is 2.55. The third-order valence-electron chi connectivity index (χ3n) is 12.5. The van der Waals surface area contributed by atoms with Crippen LogP contribution in [0.1, 0.15) is 29.2 Å². The van der Waals surface area contributed by atoms with Crippen molar-refractivity contribution < 1.29 is 0 Å². The summed E-state index contributed by atoms with van der Waals surface area (Å²) in [6.45, 7) is 0. The molecular weight excluding hydrogens is 691 g/mol. The van der Waals surface area contributed by atoms with E-state index in [0.29, 0.717) is 5.92 Å². The minimum absolute atomic E-state index is 0.266. The third-order valence-corrected chi connectivity index (χ3v) is 12.5. The predicted octanol–water partition coefficient (Wildman–Crippen LogP) is 13.7. The number of aromatic nitrogens is 2. The van der Waals surface area contributed by atoms with Crippen LogP contribution in [0.3, 0.4) is 0 Å². The number of rotatable bonds is 5. The molecule has 2 unspecified atom stereocenters. The zero-order chi connectivity index (χ0) is 37.5. The first-order chi connectivity index (χ1) is 28.3. The Labute approximate surface area is 332 Å². The van der Waals surface area contributed by atoms with E-state index in [0.717, 1.165) is 12.8 Å². The fourth-order valence-electron chi connectivity index (χ4n) is 10.0. The lowest BCUT2D eigenvalue weighted by Crippen LogP contribution is -2.28. The van der Waals surface area contributed by atoms with Crippen LogP contribution in [0, 0.1) is 0 Å². The van der Waals surface area contributed by atoms with Gasteiger partial charge in [-0.2, -0.15) is 0 Å². The Morgan fingerprint density at radius 1 is 0.439 bits per heavy atom. The summed E-state index contributed by atoms with van der Waals surface area (Å²) in [5.41, 5.74) is 17.7. The molecule has 1 aliphatic heterocycles. The number of hydrogen-bond acceptors (Lipinski definition) is 1. The fraction of sp³-hybridized carbons (Fsp3) is 0.0741. The third kappa shape index (κ3) is 4.98. The Morgan fingerprint density at radius 2 is 1.07 bits per heavy atom. The molecule has 12 rings (SSSR count). The summed E-state index contributed by atoms with van der Waals surface area (Å²) < 4.78 is 5.06. The molecule has 0 saturated carbocycles. The zero-order valence-corrected chi connectivity index (χ0v) is 31.5. The van der Waals surface area contributed by atoms with Gasteiger partial charge in [0, 0.05) is 44.8 Å². The lowest BCUT2D eigenvalue weighted by atomic mass is 9.91. The molecule has 3 aliphatic rings. The predicted molar refractivity (Wildman–Crippen MR) is 239 cm³/mol. The van der Waals surface area contributed by atoms with Gasteiger partial charge in [0.15, 0.2) is 0 Å². The molecular formula is C54H39N3. The molecule has 0 bridgehead atoms. The Balaban J connectivity index is 1.05. The van der Waals surface area contributed by atoms with Crippen LogP contribution in [0.5, 0.6) is 0 Å². The van der Waals surface area contributed by atoms with Crippen LogP contribution in [0.25, 0.3) is 72.4 Å². The largest absolute Gasteiger partial charge is 0.333 e. The molecule has 2 aromatic heterocycles. The van der Waals surface area contributed by atoms with Gasteiger partial charge in [0.05, 0.1) is 28.3 Å². The number of benzene rings is 7. The van der Waals surface area contributed by atoms with E-state index < -0.39 is 0 Å². The van der Waals surface area contributed by atoms with Crippen molar-refractivity contribution in [2.45, 2.75) is 24.8 Å². The van der Waals surface area contributed by atoms with Crippen LogP contribution in [-0.2, 0) is 6.42 Å². The molecule has 0 spiro atoms. The van der Waals surface area contributed by atoms with E-state index in [2.05, 4.69) is 214 Å². The molecule has 57 heavy (non-hydrogen) atoms. The first kappa shape index (κ1) is 32.2. The number of anilines is 2. The highest BCUT2D eigenvalue weighted by atomic mass is 15.2. The monoisotopic (exact) mass is 729 g/mol. The molecule has 2 atom stereocenters. The van der Waals surface area contributed by atoms with Crippen molar-refractivity contribution in [1.29, 1.82) is 0 Å². The molecule has 270 valence electrons. The quantitative estimate of drug-likeness (QED) is 0.172. The summed E-state index contributed by atoms with van der Waals surface area (Å²) in [5.74, 6) is 0.355. The number of hydrogen-bond donors (Lipinski definition) is 0. The Kier molecular flexibility index (Phi) is 7.18. The molecule has 7 aromatic carbocycles. The maximum atomic E-state index is 2.55. The molecule has 0 fully saturated rings. The van der Waals surface area contributed by atoms with E-state index in [4.69, 9.17) is 0 Å². The van der Waals surface area contributed by atoms with Gasteiger partial charge in [-0.3, -0.25) is 0 Å². The average Bonchev–Trinajstić information content (AvgIpc) is 3.92. The van der Waals surface area contributed by atoms with Gasteiger partial charge in [-0.05, 0) is 107 Å². The molecule has 9 aromatic rings. The van der Waals surface area contributed by atoms with Gasteiger partial charge in [-0.1, -0.05) is 140 Å². The van der Waals surface area contributed by atoms with Gasteiger partial charge in [0.2, 0.25) is 0 Å². The van der Waals surface area contributed by atoms with E-state index in [1.807, 2.05) is 0 Å². The minimum Gasteiger partial charge on any atom is -0.333 e. The Hall–Kier alpha value is -7.10. The maximum Gasteiger partial charge on any atom is 0.0629 e. The second-order valence-corrected chi connectivity index (χ2v) is 15.6. The van der Waals surface area contributed by atoms with Gasteiger partial charge in [-0.15, -0.1) is 0 Å². The van der Waals surface area contributed by atoms with Crippen molar-refractivity contribution in [2.75, 3.05) is 4.90 Å². The topological polar surface area (TPSA) is 13.1 Å². The fourth-order valence-corrected chi connectivity index (χ4v) is 10.0. The van der Waals surface area contributed by atoms with Gasteiger partial charge in [0.25, 0.3) is 0 Å². The molecule has 0 saturated heterocycles. The van der Waals surface area contributed by atoms with Crippen LogP contribution in [0.15, 0.2) is 194 Å². The van der Waals surface area contributed by atoms with Crippen molar-refractivity contribution in [3.8, 4) is 27.9 Å². The summed E-state index contributed by atoms with van der Waals surface area (Å²) in [6.07, 6.45) is 13.5. The lowest BCUT2D eigenvalue weighted by molar-refractivity contribution is 0.745.